The Morgan fingerprint density at radius 2 is 1.57 bits per heavy atom. The van der Waals surface area contributed by atoms with Crippen LogP contribution in [-0.2, 0) is 6.54 Å². The average molecular weight is 368 g/mol. The Morgan fingerprint density at radius 3 is 2.36 bits per heavy atom. The van der Waals surface area contributed by atoms with Crippen LogP contribution in [0.5, 0.6) is 5.75 Å². The van der Waals surface area contributed by atoms with Crippen LogP contribution in [0.15, 0.2) is 72.8 Å². The van der Waals surface area contributed by atoms with Gasteiger partial charge in [-0.05, 0) is 60.9 Å². The van der Waals surface area contributed by atoms with Crippen LogP contribution in [-0.4, -0.2) is 16.2 Å². The summed E-state index contributed by atoms with van der Waals surface area (Å²) < 4.78 is 8.25. The zero-order chi connectivity index (χ0) is 19.3. The summed E-state index contributed by atoms with van der Waals surface area (Å²) in [5, 5.41) is 0. The van der Waals surface area contributed by atoms with E-state index < -0.39 is 0 Å². The first-order valence-corrected chi connectivity index (χ1v) is 9.58. The molecule has 0 unspecified atom stereocenters. The van der Waals surface area contributed by atoms with E-state index in [9.17, 15) is 0 Å². The monoisotopic (exact) mass is 368 g/mol. The van der Waals surface area contributed by atoms with E-state index in [0.717, 1.165) is 34.7 Å². The molecule has 0 aliphatic heterocycles. The molecule has 0 N–H and O–H groups in total. The summed E-state index contributed by atoms with van der Waals surface area (Å²) in [6, 6.07) is 24.8. The van der Waals surface area contributed by atoms with Crippen LogP contribution in [0.4, 0.5) is 0 Å². The topological polar surface area (TPSA) is 27.1 Å². The standard InChI is InChI=1S/C25H24N2O/c1-19-16-20(2)18-22(17-19)28-15-14-27-24-11-7-6-10-23(24)26-25(27)13-12-21-8-4-3-5-9-21/h3-13,16-18H,14-15H2,1-2H3/b13-12+. The Morgan fingerprint density at radius 1 is 0.857 bits per heavy atom. The number of nitrogens with zero attached hydrogens (tertiary/aromatic N) is 2. The molecule has 0 fully saturated rings. The van der Waals surface area contributed by atoms with Gasteiger partial charge in [0.1, 0.15) is 18.2 Å². The van der Waals surface area contributed by atoms with Crippen molar-refractivity contribution in [3.63, 3.8) is 0 Å². The van der Waals surface area contributed by atoms with Crippen molar-refractivity contribution in [2.45, 2.75) is 20.4 Å². The van der Waals surface area contributed by atoms with E-state index >= 15 is 0 Å². The highest BCUT2D eigenvalue weighted by atomic mass is 16.5. The van der Waals surface area contributed by atoms with Crippen molar-refractivity contribution in [3.8, 4) is 5.75 Å². The molecule has 3 aromatic carbocycles. The van der Waals surface area contributed by atoms with E-state index in [0.29, 0.717) is 6.61 Å². The minimum Gasteiger partial charge on any atom is -0.492 e. The van der Waals surface area contributed by atoms with Crippen molar-refractivity contribution in [1.29, 1.82) is 0 Å². The first kappa shape index (κ1) is 18.1. The average Bonchev–Trinajstić information content (AvgIpc) is 3.04. The Kier molecular flexibility index (Phi) is 5.24. The second kappa shape index (κ2) is 8.13. The summed E-state index contributed by atoms with van der Waals surface area (Å²) in [6.07, 6.45) is 4.18. The normalized spacial score (nSPS) is 11.4. The van der Waals surface area contributed by atoms with E-state index in [2.05, 4.69) is 79.1 Å². The second-order valence-corrected chi connectivity index (χ2v) is 7.03. The minimum absolute atomic E-state index is 0.593. The molecular weight excluding hydrogens is 344 g/mol. The maximum absolute atomic E-state index is 6.03. The smallest absolute Gasteiger partial charge is 0.133 e. The van der Waals surface area contributed by atoms with Crippen LogP contribution in [0, 0.1) is 13.8 Å². The molecule has 1 aromatic heterocycles. The van der Waals surface area contributed by atoms with Crippen molar-refractivity contribution in [2.75, 3.05) is 6.61 Å². The first-order chi connectivity index (χ1) is 13.7. The van der Waals surface area contributed by atoms with Gasteiger partial charge in [0, 0.05) is 0 Å². The van der Waals surface area contributed by atoms with Gasteiger partial charge in [-0.25, -0.2) is 4.98 Å². The van der Waals surface area contributed by atoms with E-state index in [4.69, 9.17) is 9.72 Å². The Balaban J connectivity index is 1.57. The number of ether oxygens (including phenoxy) is 1. The van der Waals surface area contributed by atoms with E-state index in [1.807, 2.05) is 24.3 Å². The largest absolute Gasteiger partial charge is 0.492 e. The Labute approximate surface area is 165 Å². The zero-order valence-electron chi connectivity index (χ0n) is 16.3. The van der Waals surface area contributed by atoms with Crippen molar-refractivity contribution >= 4 is 23.2 Å². The highest BCUT2D eigenvalue weighted by molar-refractivity contribution is 5.79. The summed E-state index contributed by atoms with van der Waals surface area (Å²) in [5.74, 6) is 1.86. The highest BCUT2D eigenvalue weighted by Crippen LogP contribution is 2.20. The summed E-state index contributed by atoms with van der Waals surface area (Å²) >= 11 is 0. The minimum atomic E-state index is 0.593. The van der Waals surface area contributed by atoms with Crippen LogP contribution in [0.25, 0.3) is 23.2 Å². The van der Waals surface area contributed by atoms with Gasteiger partial charge in [0.2, 0.25) is 0 Å². The molecule has 28 heavy (non-hydrogen) atoms. The number of aryl methyl sites for hydroxylation is 2. The molecule has 3 heteroatoms. The molecule has 0 aliphatic carbocycles. The van der Waals surface area contributed by atoms with Gasteiger partial charge in [-0.3, -0.25) is 0 Å². The first-order valence-electron chi connectivity index (χ1n) is 9.58. The number of para-hydroxylation sites is 2. The van der Waals surface area contributed by atoms with E-state index in [1.54, 1.807) is 0 Å². The quantitative estimate of drug-likeness (QED) is 0.423. The zero-order valence-corrected chi connectivity index (χ0v) is 16.3. The third kappa shape index (κ3) is 4.15. The lowest BCUT2D eigenvalue weighted by Gasteiger charge is -2.11. The maximum Gasteiger partial charge on any atom is 0.133 e. The molecule has 0 aliphatic rings. The molecule has 0 amide bonds. The summed E-state index contributed by atoms with van der Waals surface area (Å²) in [5.41, 5.74) is 5.72. The highest BCUT2D eigenvalue weighted by Gasteiger charge is 2.08. The number of hydrogen-bond acceptors (Lipinski definition) is 2. The molecule has 140 valence electrons. The van der Waals surface area contributed by atoms with Gasteiger partial charge in [0.25, 0.3) is 0 Å². The number of fused-ring (bicyclic) bond motifs is 1. The number of imidazole rings is 1. The lowest BCUT2D eigenvalue weighted by atomic mass is 10.1. The van der Waals surface area contributed by atoms with Crippen LogP contribution >= 0.6 is 0 Å². The Hall–Kier alpha value is -3.33. The molecule has 1 heterocycles. The van der Waals surface area contributed by atoms with Crippen LogP contribution < -0.4 is 4.74 Å². The molecule has 0 atom stereocenters. The van der Waals surface area contributed by atoms with E-state index in [-0.39, 0.29) is 0 Å². The number of aromatic nitrogens is 2. The third-order valence-corrected chi connectivity index (χ3v) is 4.69. The van der Waals surface area contributed by atoms with Gasteiger partial charge in [-0.2, -0.15) is 0 Å². The second-order valence-electron chi connectivity index (χ2n) is 7.03. The molecule has 0 saturated carbocycles. The predicted octanol–water partition coefficient (Wildman–Crippen LogP) is 5.90. The van der Waals surface area contributed by atoms with Crippen LogP contribution in [0.3, 0.4) is 0 Å². The van der Waals surface area contributed by atoms with Gasteiger partial charge < -0.3 is 9.30 Å². The SMILES string of the molecule is Cc1cc(C)cc(OCCn2c(/C=C/c3ccccc3)nc3ccccc32)c1. The number of benzene rings is 3. The number of rotatable bonds is 6. The maximum atomic E-state index is 6.03. The fourth-order valence-electron chi connectivity index (χ4n) is 3.46. The third-order valence-electron chi connectivity index (χ3n) is 4.69. The molecule has 3 nitrogen and oxygen atoms in total. The Bertz CT molecular complexity index is 1090. The van der Waals surface area contributed by atoms with Gasteiger partial charge in [0.15, 0.2) is 0 Å². The van der Waals surface area contributed by atoms with Gasteiger partial charge in [-0.1, -0.05) is 54.6 Å². The molecular formula is C25H24N2O. The van der Waals surface area contributed by atoms with Gasteiger partial charge in [0.05, 0.1) is 17.6 Å². The molecule has 0 bridgehead atoms. The lowest BCUT2D eigenvalue weighted by Crippen LogP contribution is -2.09. The van der Waals surface area contributed by atoms with E-state index in [1.165, 1.54) is 11.1 Å². The van der Waals surface area contributed by atoms with Crippen molar-refractivity contribution in [3.05, 3.63) is 95.3 Å². The molecule has 4 rings (SSSR count). The van der Waals surface area contributed by atoms with Gasteiger partial charge in [-0.15, -0.1) is 0 Å². The molecule has 0 radical (unpaired) electrons. The van der Waals surface area contributed by atoms with Crippen LogP contribution in [0.2, 0.25) is 0 Å². The summed E-state index contributed by atoms with van der Waals surface area (Å²) in [7, 11) is 0. The van der Waals surface area contributed by atoms with Crippen molar-refractivity contribution in [1.82, 2.24) is 9.55 Å². The number of hydrogen-bond donors (Lipinski definition) is 0. The fourth-order valence-corrected chi connectivity index (χ4v) is 3.46. The van der Waals surface area contributed by atoms with Crippen LogP contribution in [0.1, 0.15) is 22.5 Å². The van der Waals surface area contributed by atoms with Crippen molar-refractivity contribution in [2.24, 2.45) is 0 Å². The van der Waals surface area contributed by atoms with Gasteiger partial charge >= 0.3 is 0 Å². The summed E-state index contributed by atoms with van der Waals surface area (Å²) in [6.45, 7) is 5.52. The predicted molar refractivity (Wildman–Crippen MR) is 117 cm³/mol. The lowest BCUT2D eigenvalue weighted by molar-refractivity contribution is 0.299. The summed E-state index contributed by atoms with van der Waals surface area (Å²) in [4.78, 5) is 4.80. The fraction of sp³-hybridized carbons (Fsp3) is 0.160. The van der Waals surface area contributed by atoms with Crippen molar-refractivity contribution < 1.29 is 4.74 Å². The molecule has 0 saturated heterocycles. The molecule has 4 aromatic rings. The molecule has 0 spiro atoms.